The molecule has 1 N–H and O–H groups in total. The Bertz CT molecular complexity index is 332. The van der Waals surface area contributed by atoms with E-state index in [0.717, 1.165) is 22.3 Å². The molecule has 1 rings (SSSR count). The molecule has 0 aliphatic rings. The summed E-state index contributed by atoms with van der Waals surface area (Å²) in [5.74, 6) is 2.61. The summed E-state index contributed by atoms with van der Waals surface area (Å²) in [6.07, 6.45) is 5.30. The van der Waals surface area contributed by atoms with Gasteiger partial charge in [0, 0.05) is 5.56 Å². The smallest absolute Gasteiger partial charge is 0.0684 e. The molecule has 62 valence electrons. The van der Waals surface area contributed by atoms with E-state index in [-0.39, 0.29) is 6.61 Å². The van der Waals surface area contributed by atoms with Gasteiger partial charge in [-0.1, -0.05) is 12.0 Å². The lowest BCUT2D eigenvalue weighted by molar-refractivity contribution is 0.281. The van der Waals surface area contributed by atoms with Crippen LogP contribution in [0.5, 0.6) is 0 Å². The summed E-state index contributed by atoms with van der Waals surface area (Å²) in [4.78, 5) is 0. The molecule has 1 heteroatoms. The van der Waals surface area contributed by atoms with Crippen molar-refractivity contribution >= 4 is 0 Å². The lowest BCUT2D eigenvalue weighted by atomic mass is 9.99. The molecule has 0 atom stereocenters. The highest BCUT2D eigenvalue weighted by Crippen LogP contribution is 2.16. The normalized spacial score (nSPS) is 9.50. The van der Waals surface area contributed by atoms with E-state index < -0.39 is 0 Å². The van der Waals surface area contributed by atoms with Crippen LogP contribution in [0.25, 0.3) is 0 Å². The van der Waals surface area contributed by atoms with Crippen LogP contribution in [0.2, 0.25) is 0 Å². The van der Waals surface area contributed by atoms with Crippen molar-refractivity contribution in [2.45, 2.75) is 20.5 Å². The molecule has 0 aromatic heterocycles. The Kier molecular flexibility index (Phi) is 2.52. The zero-order chi connectivity index (χ0) is 9.14. The Hall–Kier alpha value is -1.26. The molecule has 12 heavy (non-hydrogen) atoms. The molecule has 1 aromatic carbocycles. The first kappa shape index (κ1) is 8.83. The molecule has 0 radical (unpaired) electrons. The van der Waals surface area contributed by atoms with Gasteiger partial charge in [-0.3, -0.25) is 0 Å². The summed E-state index contributed by atoms with van der Waals surface area (Å²) in [6.45, 7) is 4.03. The van der Waals surface area contributed by atoms with Crippen LogP contribution in [0, 0.1) is 26.2 Å². The predicted octanol–water partition coefficient (Wildman–Crippen LogP) is 1.78. The molecule has 0 saturated heterocycles. The zero-order valence-corrected chi connectivity index (χ0v) is 7.39. The molecule has 0 fully saturated rings. The quantitative estimate of drug-likeness (QED) is 0.621. The molecule has 0 amide bonds. The van der Waals surface area contributed by atoms with Crippen LogP contribution >= 0.6 is 0 Å². The largest absolute Gasteiger partial charge is 0.392 e. The van der Waals surface area contributed by atoms with Crippen molar-refractivity contribution in [3.8, 4) is 12.3 Å². The number of aliphatic hydroxyl groups is 1. The van der Waals surface area contributed by atoms with Crippen molar-refractivity contribution in [1.82, 2.24) is 0 Å². The van der Waals surface area contributed by atoms with Crippen molar-refractivity contribution in [3.63, 3.8) is 0 Å². The number of terminal acetylenes is 1. The fourth-order valence-electron chi connectivity index (χ4n) is 1.20. The summed E-state index contributed by atoms with van der Waals surface area (Å²) >= 11 is 0. The van der Waals surface area contributed by atoms with Crippen molar-refractivity contribution in [2.75, 3.05) is 0 Å². The Labute approximate surface area is 73.0 Å². The van der Waals surface area contributed by atoms with E-state index in [9.17, 15) is 0 Å². The Morgan fingerprint density at radius 1 is 1.33 bits per heavy atom. The number of benzene rings is 1. The van der Waals surface area contributed by atoms with Gasteiger partial charge in [-0.2, -0.15) is 0 Å². The minimum Gasteiger partial charge on any atom is -0.392 e. The lowest BCUT2D eigenvalue weighted by Crippen LogP contribution is -1.94. The van der Waals surface area contributed by atoms with Gasteiger partial charge in [-0.05, 0) is 36.6 Å². The molecule has 0 heterocycles. The Balaban J connectivity index is 3.32. The molecule has 1 aromatic rings. The molecule has 1 nitrogen and oxygen atoms in total. The maximum atomic E-state index is 8.95. The standard InChI is InChI=1S/C11H12O/c1-4-10-5-6-11(7-12)9(3)8(10)2/h1,5-6,12H,7H2,2-3H3. The molecule has 0 bridgehead atoms. The second-order valence-corrected chi connectivity index (χ2v) is 2.82. The molecule has 0 aliphatic heterocycles. The third-order valence-electron chi connectivity index (χ3n) is 2.23. The van der Waals surface area contributed by atoms with Gasteiger partial charge in [0.25, 0.3) is 0 Å². The average molecular weight is 160 g/mol. The van der Waals surface area contributed by atoms with E-state index >= 15 is 0 Å². The van der Waals surface area contributed by atoms with Crippen molar-refractivity contribution in [3.05, 3.63) is 34.4 Å². The topological polar surface area (TPSA) is 20.2 Å². The van der Waals surface area contributed by atoms with Crippen LogP contribution in [0.4, 0.5) is 0 Å². The fourth-order valence-corrected chi connectivity index (χ4v) is 1.20. The first-order valence-corrected chi connectivity index (χ1v) is 3.87. The van der Waals surface area contributed by atoms with Crippen molar-refractivity contribution in [1.29, 1.82) is 0 Å². The van der Waals surface area contributed by atoms with Gasteiger partial charge in [0.15, 0.2) is 0 Å². The van der Waals surface area contributed by atoms with Crippen LogP contribution in [0.15, 0.2) is 12.1 Å². The predicted molar refractivity (Wildman–Crippen MR) is 49.8 cm³/mol. The number of aliphatic hydroxyl groups excluding tert-OH is 1. The lowest BCUT2D eigenvalue weighted by Gasteiger charge is -2.07. The molecule has 0 aliphatic carbocycles. The van der Waals surface area contributed by atoms with E-state index in [2.05, 4.69) is 5.92 Å². The van der Waals surface area contributed by atoms with Gasteiger partial charge >= 0.3 is 0 Å². The van der Waals surface area contributed by atoms with E-state index in [1.807, 2.05) is 26.0 Å². The van der Waals surface area contributed by atoms with Crippen molar-refractivity contribution < 1.29 is 5.11 Å². The van der Waals surface area contributed by atoms with Crippen LogP contribution < -0.4 is 0 Å². The molecule has 0 saturated carbocycles. The van der Waals surface area contributed by atoms with Gasteiger partial charge in [-0.15, -0.1) is 6.42 Å². The van der Waals surface area contributed by atoms with Gasteiger partial charge in [0.2, 0.25) is 0 Å². The third-order valence-corrected chi connectivity index (χ3v) is 2.23. The monoisotopic (exact) mass is 160 g/mol. The van der Waals surface area contributed by atoms with Crippen LogP contribution in [0.3, 0.4) is 0 Å². The minimum absolute atomic E-state index is 0.0809. The Morgan fingerprint density at radius 2 is 2.00 bits per heavy atom. The van der Waals surface area contributed by atoms with E-state index in [1.54, 1.807) is 0 Å². The van der Waals surface area contributed by atoms with Gasteiger partial charge < -0.3 is 5.11 Å². The minimum atomic E-state index is 0.0809. The Morgan fingerprint density at radius 3 is 2.50 bits per heavy atom. The zero-order valence-electron chi connectivity index (χ0n) is 7.39. The number of rotatable bonds is 1. The maximum Gasteiger partial charge on any atom is 0.0684 e. The van der Waals surface area contributed by atoms with Gasteiger partial charge in [0.1, 0.15) is 0 Å². The van der Waals surface area contributed by atoms with Crippen molar-refractivity contribution in [2.24, 2.45) is 0 Å². The highest BCUT2D eigenvalue weighted by Gasteiger charge is 2.02. The summed E-state index contributed by atoms with van der Waals surface area (Å²) < 4.78 is 0. The fraction of sp³-hybridized carbons (Fsp3) is 0.273. The highest BCUT2D eigenvalue weighted by atomic mass is 16.3. The number of hydrogen-bond donors (Lipinski definition) is 1. The third kappa shape index (κ3) is 1.34. The first-order chi connectivity index (χ1) is 5.70. The molecular weight excluding hydrogens is 148 g/mol. The van der Waals surface area contributed by atoms with Gasteiger partial charge in [0.05, 0.1) is 6.61 Å². The SMILES string of the molecule is C#Cc1ccc(CO)c(C)c1C. The van der Waals surface area contributed by atoms with E-state index in [0.29, 0.717) is 0 Å². The maximum absolute atomic E-state index is 8.95. The summed E-state index contributed by atoms with van der Waals surface area (Å²) in [7, 11) is 0. The summed E-state index contributed by atoms with van der Waals surface area (Å²) in [5.41, 5.74) is 4.04. The van der Waals surface area contributed by atoms with Crippen LogP contribution in [-0.4, -0.2) is 5.11 Å². The van der Waals surface area contributed by atoms with E-state index in [4.69, 9.17) is 11.5 Å². The summed E-state index contributed by atoms with van der Waals surface area (Å²) in [6, 6.07) is 3.74. The van der Waals surface area contributed by atoms with E-state index in [1.165, 1.54) is 0 Å². The molecular formula is C11H12O. The summed E-state index contributed by atoms with van der Waals surface area (Å²) in [5, 5.41) is 8.95. The second-order valence-electron chi connectivity index (χ2n) is 2.82. The first-order valence-electron chi connectivity index (χ1n) is 3.87. The highest BCUT2D eigenvalue weighted by molar-refractivity contribution is 5.46. The second kappa shape index (κ2) is 3.42. The number of hydrogen-bond acceptors (Lipinski definition) is 1. The molecule has 0 spiro atoms. The average Bonchev–Trinajstić information content (AvgIpc) is 2.10. The van der Waals surface area contributed by atoms with Gasteiger partial charge in [-0.25, -0.2) is 0 Å². The van der Waals surface area contributed by atoms with Crippen LogP contribution in [-0.2, 0) is 6.61 Å². The van der Waals surface area contributed by atoms with Crippen LogP contribution in [0.1, 0.15) is 22.3 Å². The molecule has 0 unspecified atom stereocenters.